The molecule has 2 aromatic rings. The number of fused-ring (bicyclic) bond motifs is 1. The summed E-state index contributed by atoms with van der Waals surface area (Å²) < 4.78 is 7.76. The van der Waals surface area contributed by atoms with Crippen LogP contribution in [-0.4, -0.2) is 16.7 Å². The number of hydrogen-bond donors (Lipinski definition) is 0. The predicted octanol–water partition coefficient (Wildman–Crippen LogP) is 4.50. The van der Waals surface area contributed by atoms with Crippen molar-refractivity contribution in [2.75, 3.05) is 7.11 Å². The van der Waals surface area contributed by atoms with Crippen LogP contribution in [0.15, 0.2) is 18.2 Å². The summed E-state index contributed by atoms with van der Waals surface area (Å²) >= 11 is 0. The Balaban J connectivity index is 1.88. The molecule has 0 N–H and O–H groups in total. The molecule has 1 fully saturated rings. The lowest BCUT2D eigenvalue weighted by atomic mass is 10.2. The van der Waals surface area contributed by atoms with E-state index >= 15 is 0 Å². The van der Waals surface area contributed by atoms with E-state index in [1.807, 2.05) is 6.07 Å². The SMILES string of the molecule is CCCCCCn1c(C2CC2)nc2cc(OC)ccc21. The summed E-state index contributed by atoms with van der Waals surface area (Å²) in [6, 6.07) is 6.26. The molecular formula is C17H24N2O. The maximum atomic E-state index is 5.31. The predicted molar refractivity (Wildman–Crippen MR) is 82.4 cm³/mol. The van der Waals surface area contributed by atoms with E-state index in [-0.39, 0.29) is 0 Å². The maximum Gasteiger partial charge on any atom is 0.121 e. The summed E-state index contributed by atoms with van der Waals surface area (Å²) in [6.45, 7) is 3.36. The Morgan fingerprint density at radius 2 is 2.10 bits per heavy atom. The van der Waals surface area contributed by atoms with E-state index in [1.54, 1.807) is 7.11 Å². The molecule has 0 aliphatic heterocycles. The van der Waals surface area contributed by atoms with E-state index in [2.05, 4.69) is 23.6 Å². The first kappa shape index (κ1) is 13.5. The van der Waals surface area contributed by atoms with E-state index in [9.17, 15) is 0 Å². The molecule has 0 saturated heterocycles. The van der Waals surface area contributed by atoms with Crippen LogP contribution >= 0.6 is 0 Å². The Morgan fingerprint density at radius 3 is 2.80 bits per heavy atom. The molecule has 3 rings (SSSR count). The van der Waals surface area contributed by atoms with Crippen molar-refractivity contribution < 1.29 is 4.74 Å². The summed E-state index contributed by atoms with van der Waals surface area (Å²) in [7, 11) is 1.71. The third-order valence-corrected chi connectivity index (χ3v) is 4.16. The van der Waals surface area contributed by atoms with Crippen molar-refractivity contribution in [2.45, 2.75) is 57.9 Å². The molecule has 0 amide bonds. The van der Waals surface area contributed by atoms with Gasteiger partial charge in [0.2, 0.25) is 0 Å². The van der Waals surface area contributed by atoms with E-state index in [4.69, 9.17) is 9.72 Å². The highest BCUT2D eigenvalue weighted by atomic mass is 16.5. The number of hydrogen-bond acceptors (Lipinski definition) is 2. The Morgan fingerprint density at radius 1 is 1.25 bits per heavy atom. The molecule has 108 valence electrons. The molecule has 20 heavy (non-hydrogen) atoms. The number of nitrogens with zero attached hydrogens (tertiary/aromatic N) is 2. The van der Waals surface area contributed by atoms with Gasteiger partial charge in [0.05, 0.1) is 18.1 Å². The summed E-state index contributed by atoms with van der Waals surface area (Å²) in [6.07, 6.45) is 7.79. The first-order valence-electron chi connectivity index (χ1n) is 7.87. The third kappa shape index (κ3) is 2.67. The minimum absolute atomic E-state index is 0.694. The van der Waals surface area contributed by atoms with Gasteiger partial charge < -0.3 is 9.30 Å². The van der Waals surface area contributed by atoms with Gasteiger partial charge in [0.15, 0.2) is 0 Å². The van der Waals surface area contributed by atoms with E-state index in [1.165, 1.54) is 49.9 Å². The number of aromatic nitrogens is 2. The smallest absolute Gasteiger partial charge is 0.121 e. The normalized spacial score (nSPS) is 14.9. The van der Waals surface area contributed by atoms with E-state index < -0.39 is 0 Å². The lowest BCUT2D eigenvalue weighted by Gasteiger charge is -2.08. The number of benzene rings is 1. The molecule has 0 unspecified atom stereocenters. The highest BCUT2D eigenvalue weighted by Gasteiger charge is 2.29. The minimum atomic E-state index is 0.694. The molecule has 1 aromatic carbocycles. The topological polar surface area (TPSA) is 27.1 Å². The highest BCUT2D eigenvalue weighted by molar-refractivity contribution is 5.78. The van der Waals surface area contributed by atoms with Crippen molar-refractivity contribution >= 4 is 11.0 Å². The number of rotatable bonds is 7. The molecular weight excluding hydrogens is 248 g/mol. The van der Waals surface area contributed by atoms with Crippen LogP contribution in [-0.2, 0) is 6.54 Å². The van der Waals surface area contributed by atoms with Gasteiger partial charge in [-0.15, -0.1) is 0 Å². The molecule has 3 heteroatoms. The van der Waals surface area contributed by atoms with Crippen LogP contribution in [0.2, 0.25) is 0 Å². The summed E-state index contributed by atoms with van der Waals surface area (Å²) in [5.41, 5.74) is 2.35. The monoisotopic (exact) mass is 272 g/mol. The van der Waals surface area contributed by atoms with Crippen molar-refractivity contribution in [1.82, 2.24) is 9.55 Å². The van der Waals surface area contributed by atoms with Crippen LogP contribution in [0.5, 0.6) is 5.75 Å². The van der Waals surface area contributed by atoms with Gasteiger partial charge in [0.1, 0.15) is 11.6 Å². The Kier molecular flexibility index (Phi) is 3.95. The average Bonchev–Trinajstić information content (AvgIpc) is 3.25. The molecule has 0 atom stereocenters. The second-order valence-electron chi connectivity index (χ2n) is 5.81. The van der Waals surface area contributed by atoms with E-state index in [0.29, 0.717) is 5.92 Å². The number of unbranched alkanes of at least 4 members (excludes halogenated alkanes) is 3. The standard InChI is InChI=1S/C17H24N2O/c1-3-4-5-6-11-19-16-10-9-14(20-2)12-15(16)18-17(19)13-7-8-13/h9-10,12-13H,3-8,11H2,1-2H3. The molecule has 0 radical (unpaired) electrons. The molecule has 0 bridgehead atoms. The number of ether oxygens (including phenoxy) is 1. The molecule has 1 heterocycles. The summed E-state index contributed by atoms with van der Waals surface area (Å²) in [4.78, 5) is 4.87. The number of aryl methyl sites for hydroxylation is 1. The van der Waals surface area contributed by atoms with Crippen LogP contribution in [0.4, 0.5) is 0 Å². The fourth-order valence-electron chi connectivity index (χ4n) is 2.84. The van der Waals surface area contributed by atoms with Crippen molar-refractivity contribution in [1.29, 1.82) is 0 Å². The second-order valence-corrected chi connectivity index (χ2v) is 5.81. The van der Waals surface area contributed by atoms with Crippen molar-refractivity contribution in [3.05, 3.63) is 24.0 Å². The Bertz CT molecular complexity index is 584. The van der Waals surface area contributed by atoms with Crippen molar-refractivity contribution in [2.24, 2.45) is 0 Å². The zero-order chi connectivity index (χ0) is 13.9. The van der Waals surface area contributed by atoms with Crippen LogP contribution < -0.4 is 4.74 Å². The van der Waals surface area contributed by atoms with Crippen molar-refractivity contribution in [3.63, 3.8) is 0 Å². The van der Waals surface area contributed by atoms with Crippen LogP contribution in [0.1, 0.15) is 57.2 Å². The van der Waals surface area contributed by atoms with Crippen LogP contribution in [0.25, 0.3) is 11.0 Å². The first-order chi connectivity index (χ1) is 9.83. The van der Waals surface area contributed by atoms with Gasteiger partial charge >= 0.3 is 0 Å². The summed E-state index contributed by atoms with van der Waals surface area (Å²) in [5.74, 6) is 2.89. The fourth-order valence-corrected chi connectivity index (χ4v) is 2.84. The maximum absolute atomic E-state index is 5.31. The number of methoxy groups -OCH3 is 1. The largest absolute Gasteiger partial charge is 0.497 e. The van der Waals surface area contributed by atoms with Gasteiger partial charge in [-0.1, -0.05) is 26.2 Å². The first-order valence-corrected chi connectivity index (χ1v) is 7.87. The van der Waals surface area contributed by atoms with Gasteiger partial charge in [-0.2, -0.15) is 0 Å². The quantitative estimate of drug-likeness (QED) is 0.694. The van der Waals surface area contributed by atoms with Gasteiger partial charge in [-0.25, -0.2) is 4.98 Å². The zero-order valence-corrected chi connectivity index (χ0v) is 12.6. The highest BCUT2D eigenvalue weighted by Crippen LogP contribution is 2.41. The van der Waals surface area contributed by atoms with Crippen molar-refractivity contribution in [3.8, 4) is 5.75 Å². The number of imidazole rings is 1. The van der Waals surface area contributed by atoms with Crippen LogP contribution in [0.3, 0.4) is 0 Å². The summed E-state index contributed by atoms with van der Waals surface area (Å²) in [5, 5.41) is 0. The third-order valence-electron chi connectivity index (χ3n) is 4.16. The molecule has 0 spiro atoms. The molecule has 1 aliphatic carbocycles. The van der Waals surface area contributed by atoms with Gasteiger partial charge in [0.25, 0.3) is 0 Å². The van der Waals surface area contributed by atoms with Gasteiger partial charge in [-0.05, 0) is 31.4 Å². The lowest BCUT2D eigenvalue weighted by Crippen LogP contribution is -2.03. The minimum Gasteiger partial charge on any atom is -0.497 e. The van der Waals surface area contributed by atoms with Gasteiger partial charge in [0, 0.05) is 18.5 Å². The fraction of sp³-hybridized carbons (Fsp3) is 0.588. The molecule has 1 aromatic heterocycles. The van der Waals surface area contributed by atoms with Crippen LogP contribution in [0, 0.1) is 0 Å². The van der Waals surface area contributed by atoms with Gasteiger partial charge in [-0.3, -0.25) is 0 Å². The molecule has 3 nitrogen and oxygen atoms in total. The Labute approximate surface area is 121 Å². The molecule has 1 saturated carbocycles. The lowest BCUT2D eigenvalue weighted by molar-refractivity contribution is 0.415. The van der Waals surface area contributed by atoms with E-state index in [0.717, 1.165) is 17.8 Å². The molecule has 1 aliphatic rings. The Hall–Kier alpha value is -1.51. The second kappa shape index (κ2) is 5.86. The average molecular weight is 272 g/mol. The zero-order valence-electron chi connectivity index (χ0n) is 12.6.